The van der Waals surface area contributed by atoms with Crippen molar-refractivity contribution in [3.8, 4) is 0 Å². The minimum Gasteiger partial charge on any atom is -0.398 e. The van der Waals surface area contributed by atoms with E-state index >= 15 is 0 Å². The Hall–Kier alpha value is -3.19. The lowest BCUT2D eigenvalue weighted by atomic mass is 10.0. The number of nitrogen functional groups attached to an aromatic ring is 2. The molecule has 3 saturated heterocycles. The summed E-state index contributed by atoms with van der Waals surface area (Å²) in [7, 11) is -9.56. The van der Waals surface area contributed by atoms with Crippen LogP contribution in [0.4, 0.5) is 11.6 Å². The Balaban J connectivity index is 1.21. The molecule has 0 saturated carbocycles. The fourth-order valence-electron chi connectivity index (χ4n) is 6.04. The van der Waals surface area contributed by atoms with Crippen molar-refractivity contribution in [3.05, 3.63) is 47.1 Å². The van der Waals surface area contributed by atoms with E-state index < -0.39 is 89.2 Å². The van der Waals surface area contributed by atoms with Crippen molar-refractivity contribution in [2.75, 3.05) is 30.8 Å². The molecule has 7 heterocycles. The highest BCUT2D eigenvalue weighted by Crippen LogP contribution is 2.54. The number of phosphoric ester groups is 1. The molecule has 242 valence electrons. The molecule has 10 atom stereocenters. The number of nitrogens with one attached hydrogen (secondary N) is 1. The van der Waals surface area contributed by atoms with Crippen LogP contribution in [0.3, 0.4) is 0 Å². The van der Waals surface area contributed by atoms with E-state index in [-0.39, 0.29) is 17.0 Å². The Morgan fingerprint density at radius 3 is 2.38 bits per heavy atom. The normalized spacial score (nSPS) is 37.7. The van der Waals surface area contributed by atoms with Crippen molar-refractivity contribution < 1.29 is 52.2 Å². The van der Waals surface area contributed by atoms with Crippen LogP contribution in [0.25, 0.3) is 22.1 Å². The van der Waals surface area contributed by atoms with Gasteiger partial charge in [0.1, 0.15) is 36.3 Å². The van der Waals surface area contributed by atoms with Crippen LogP contribution in [0.2, 0.25) is 0 Å². The lowest BCUT2D eigenvalue weighted by Crippen LogP contribution is -2.36. The summed E-state index contributed by atoms with van der Waals surface area (Å²) in [5.41, 5.74) is 12.0. The van der Waals surface area contributed by atoms with E-state index in [1.807, 2.05) is 0 Å². The molecular formula is C24H29N7O12P2. The SMILES string of the molecule is Nc1nc2c(ccn2[C@@H]2O[C@@H]3COP(=O)(O)O[C@H]4[C@@H](O)[C@H](n5ccc6c(N)ccnc65)O[C@@H]4COP(=O)(O)C[C@@H]2[C@@H]3O)c(=O)[nH]1. The van der Waals surface area contributed by atoms with Crippen molar-refractivity contribution in [1.29, 1.82) is 0 Å². The maximum absolute atomic E-state index is 13.4. The van der Waals surface area contributed by atoms with Crippen LogP contribution in [0.1, 0.15) is 12.5 Å². The molecule has 0 aliphatic carbocycles. The molecule has 21 heteroatoms. The lowest BCUT2D eigenvalue weighted by molar-refractivity contribution is -0.0556. The maximum atomic E-state index is 13.4. The van der Waals surface area contributed by atoms with Crippen LogP contribution in [0.15, 0.2) is 41.6 Å². The zero-order valence-electron chi connectivity index (χ0n) is 23.1. The summed E-state index contributed by atoms with van der Waals surface area (Å²) in [5, 5.41) is 23.1. The maximum Gasteiger partial charge on any atom is 0.472 e. The summed E-state index contributed by atoms with van der Waals surface area (Å²) in [5.74, 6) is -1.36. The van der Waals surface area contributed by atoms with Crippen LogP contribution in [0.5, 0.6) is 0 Å². The molecule has 9 N–H and O–H groups in total. The predicted molar refractivity (Wildman–Crippen MR) is 154 cm³/mol. The third kappa shape index (κ3) is 5.39. The first-order valence-electron chi connectivity index (χ1n) is 13.7. The minimum atomic E-state index is -4.99. The van der Waals surface area contributed by atoms with Gasteiger partial charge in [-0.2, -0.15) is 4.98 Å². The van der Waals surface area contributed by atoms with Crippen molar-refractivity contribution in [2.45, 2.75) is 43.0 Å². The van der Waals surface area contributed by atoms with Crippen LogP contribution in [-0.2, 0) is 32.2 Å². The van der Waals surface area contributed by atoms with Crippen molar-refractivity contribution in [2.24, 2.45) is 5.92 Å². The quantitative estimate of drug-likeness (QED) is 0.136. The van der Waals surface area contributed by atoms with Gasteiger partial charge < -0.3 is 54.6 Å². The Morgan fingerprint density at radius 1 is 0.911 bits per heavy atom. The van der Waals surface area contributed by atoms with E-state index in [0.29, 0.717) is 16.7 Å². The lowest BCUT2D eigenvalue weighted by Gasteiger charge is -2.26. The molecule has 19 nitrogen and oxygen atoms in total. The Morgan fingerprint density at radius 2 is 1.60 bits per heavy atom. The number of ether oxygens (including phenoxy) is 2. The number of hydrogen-bond donors (Lipinski definition) is 7. The topological polar surface area (TPSA) is 282 Å². The molecule has 0 radical (unpaired) electrons. The molecule has 7 rings (SSSR count). The van der Waals surface area contributed by atoms with Crippen LogP contribution in [-0.4, -0.2) is 94.0 Å². The first kappa shape index (κ1) is 30.5. The number of nitrogens with two attached hydrogens (primary N) is 2. The van der Waals surface area contributed by atoms with Gasteiger partial charge in [-0.3, -0.25) is 23.4 Å². The number of aromatic nitrogens is 5. The van der Waals surface area contributed by atoms with Crippen LogP contribution < -0.4 is 17.0 Å². The van der Waals surface area contributed by atoms with Gasteiger partial charge in [-0.15, -0.1) is 0 Å². The third-order valence-electron chi connectivity index (χ3n) is 8.15. The molecular weight excluding hydrogens is 640 g/mol. The van der Waals surface area contributed by atoms with Gasteiger partial charge in [0.25, 0.3) is 5.56 Å². The van der Waals surface area contributed by atoms with Gasteiger partial charge >= 0.3 is 15.4 Å². The Bertz CT molecular complexity index is 1930. The van der Waals surface area contributed by atoms with E-state index in [9.17, 15) is 33.9 Å². The number of pyridine rings is 1. The molecule has 4 aromatic rings. The standard InChI is InChI=1S/C24H29N7O12P2/c25-13-1-4-27-19-10(13)2-5-30(19)23-17(33)18-15(42-23)8-39-44(35,36)9-12-16(32)14(7-40-45(37,38)43-18)41-22(12)31-6-3-11-20(31)28-24(26)29-21(11)34/h1-6,12,14-18,22-23,32-33H,7-9H2,(H2,25,27)(H,35,36)(H,37,38)(H3,26,28,29,34)/t12-,14-,15-,16+,17-,18-,22-,23-/m1/s1. The third-order valence-corrected chi connectivity index (χ3v) is 10.6. The Labute approximate surface area is 252 Å². The zero-order valence-corrected chi connectivity index (χ0v) is 24.9. The average Bonchev–Trinajstić information content (AvgIpc) is 3.72. The second-order valence-corrected chi connectivity index (χ2v) is 14.3. The molecule has 45 heavy (non-hydrogen) atoms. The highest BCUT2D eigenvalue weighted by Gasteiger charge is 2.53. The molecule has 0 aromatic carbocycles. The summed E-state index contributed by atoms with van der Waals surface area (Å²) in [6.07, 6.45) is -5.97. The van der Waals surface area contributed by atoms with Crippen molar-refractivity contribution >= 4 is 49.1 Å². The van der Waals surface area contributed by atoms with Crippen molar-refractivity contribution in [3.63, 3.8) is 0 Å². The molecule has 0 spiro atoms. The number of aliphatic hydroxyl groups excluding tert-OH is 2. The van der Waals surface area contributed by atoms with Gasteiger partial charge in [0.05, 0.1) is 30.9 Å². The van der Waals surface area contributed by atoms with E-state index in [4.69, 9.17) is 34.5 Å². The first-order chi connectivity index (χ1) is 21.3. The zero-order chi connectivity index (χ0) is 31.8. The van der Waals surface area contributed by atoms with Gasteiger partial charge in [-0.1, -0.05) is 0 Å². The monoisotopic (exact) mass is 669 g/mol. The smallest absolute Gasteiger partial charge is 0.398 e. The van der Waals surface area contributed by atoms with Gasteiger partial charge in [-0.05, 0) is 18.2 Å². The number of aliphatic hydroxyl groups is 2. The second-order valence-electron chi connectivity index (χ2n) is 11.0. The van der Waals surface area contributed by atoms with E-state index in [0.717, 1.165) is 0 Å². The van der Waals surface area contributed by atoms with E-state index in [1.165, 1.54) is 27.6 Å². The number of rotatable bonds is 2. The highest BCUT2D eigenvalue weighted by molar-refractivity contribution is 7.52. The predicted octanol–water partition coefficient (Wildman–Crippen LogP) is -0.211. The summed E-state index contributed by atoms with van der Waals surface area (Å²) in [6, 6.07) is 4.66. The largest absolute Gasteiger partial charge is 0.472 e. The molecule has 2 unspecified atom stereocenters. The minimum absolute atomic E-state index is 0.0713. The highest BCUT2D eigenvalue weighted by atomic mass is 31.2. The van der Waals surface area contributed by atoms with Crippen molar-refractivity contribution in [1.82, 2.24) is 24.1 Å². The number of nitrogens with zero attached hydrogens (tertiary/aromatic N) is 4. The van der Waals surface area contributed by atoms with E-state index in [2.05, 4.69) is 15.0 Å². The van der Waals surface area contributed by atoms with Gasteiger partial charge in [0.15, 0.2) is 11.9 Å². The second kappa shape index (κ2) is 11.0. The number of hydrogen-bond acceptors (Lipinski definition) is 14. The number of fused-ring (bicyclic) bond motifs is 5. The molecule has 3 aliphatic heterocycles. The molecule has 0 amide bonds. The molecule has 3 aliphatic rings. The van der Waals surface area contributed by atoms with Gasteiger partial charge in [0.2, 0.25) is 5.95 Å². The molecule has 2 bridgehead atoms. The number of anilines is 2. The summed E-state index contributed by atoms with van der Waals surface area (Å²) in [6.45, 7) is -1.37. The van der Waals surface area contributed by atoms with Gasteiger partial charge in [0, 0.05) is 35.6 Å². The molecule has 4 aromatic heterocycles. The number of H-pyrrole nitrogens is 1. The van der Waals surface area contributed by atoms with Crippen LogP contribution in [0, 0.1) is 5.92 Å². The first-order valence-corrected chi connectivity index (χ1v) is 16.9. The molecule has 3 fully saturated rings. The fourth-order valence-corrected chi connectivity index (χ4v) is 8.42. The van der Waals surface area contributed by atoms with E-state index in [1.54, 1.807) is 18.3 Å². The summed E-state index contributed by atoms with van der Waals surface area (Å²) in [4.78, 5) is 44.7. The Kier molecular flexibility index (Phi) is 7.42. The van der Waals surface area contributed by atoms with Crippen LogP contribution >= 0.6 is 15.4 Å². The summed E-state index contributed by atoms with van der Waals surface area (Å²) < 4.78 is 57.2. The van der Waals surface area contributed by atoms with Gasteiger partial charge in [-0.25, -0.2) is 9.55 Å². The number of aromatic amines is 1. The fraction of sp³-hybridized carbons (Fsp3) is 0.458. The summed E-state index contributed by atoms with van der Waals surface area (Å²) >= 11 is 0. The number of phosphoric acid groups is 1. The average molecular weight is 669 g/mol.